The Bertz CT molecular complexity index is 794. The number of rotatable bonds is 1. The Morgan fingerprint density at radius 1 is 1.25 bits per heavy atom. The monoisotopic (exact) mass is 319 g/mol. The lowest BCUT2D eigenvalue weighted by Crippen LogP contribution is -2.11. The number of hydrogen-bond acceptors (Lipinski definition) is 5. The lowest BCUT2D eigenvalue weighted by molar-refractivity contribution is -0.146. The van der Waals surface area contributed by atoms with Crippen LogP contribution in [0.1, 0.15) is 5.82 Å². The van der Waals surface area contributed by atoms with E-state index in [9.17, 15) is 13.2 Å². The Morgan fingerprint density at radius 3 is 2.65 bits per heavy atom. The molecule has 2 aromatic heterocycles. The average molecular weight is 320 g/mol. The van der Waals surface area contributed by atoms with Crippen molar-refractivity contribution in [2.24, 2.45) is 0 Å². The number of nitrogen functional groups attached to an aromatic ring is 1. The summed E-state index contributed by atoms with van der Waals surface area (Å²) in [4.78, 5) is 0.0432. The highest BCUT2D eigenvalue weighted by atomic mass is 35.5. The Labute approximate surface area is 118 Å². The first-order valence-electron chi connectivity index (χ1n) is 5.21. The molecule has 0 saturated heterocycles. The topological polar surface area (TPSA) is 69.1 Å². The fourth-order valence-electron chi connectivity index (χ4n) is 1.63. The minimum Gasteiger partial charge on any atom is -0.398 e. The lowest BCUT2D eigenvalue weighted by atomic mass is 10.2. The summed E-state index contributed by atoms with van der Waals surface area (Å²) in [5.74, 6) is -1.16. The molecule has 3 rings (SSSR count). The van der Waals surface area contributed by atoms with Crippen LogP contribution in [0.15, 0.2) is 18.2 Å². The van der Waals surface area contributed by atoms with Crippen molar-refractivity contribution < 1.29 is 13.2 Å². The molecule has 0 radical (unpaired) electrons. The minimum atomic E-state index is -4.61. The first kappa shape index (κ1) is 13.1. The molecule has 0 aliphatic heterocycles. The quantitative estimate of drug-likeness (QED) is 0.700. The van der Waals surface area contributed by atoms with Gasteiger partial charge in [0.25, 0.3) is 5.82 Å². The van der Waals surface area contributed by atoms with Crippen molar-refractivity contribution in [2.75, 3.05) is 5.73 Å². The summed E-state index contributed by atoms with van der Waals surface area (Å²) in [6, 6.07) is 4.68. The van der Waals surface area contributed by atoms with Crippen LogP contribution < -0.4 is 5.73 Å². The fraction of sp³-hybridized carbons (Fsp3) is 0.100. The Balaban J connectivity index is 2.16. The van der Waals surface area contributed by atoms with Gasteiger partial charge in [-0.3, -0.25) is 0 Å². The van der Waals surface area contributed by atoms with E-state index in [1.165, 1.54) is 6.07 Å². The molecular formula is C10H5ClF3N5S. The molecule has 104 valence electrons. The highest BCUT2D eigenvalue weighted by Crippen LogP contribution is 2.34. The van der Waals surface area contributed by atoms with Crippen LogP contribution in [0.3, 0.4) is 0 Å². The van der Waals surface area contributed by atoms with Crippen molar-refractivity contribution in [1.82, 2.24) is 19.8 Å². The number of anilines is 1. The van der Waals surface area contributed by atoms with E-state index in [-0.39, 0.29) is 4.96 Å². The largest absolute Gasteiger partial charge is 0.453 e. The van der Waals surface area contributed by atoms with Crippen molar-refractivity contribution in [1.29, 1.82) is 0 Å². The van der Waals surface area contributed by atoms with Crippen LogP contribution >= 0.6 is 22.9 Å². The van der Waals surface area contributed by atoms with Crippen molar-refractivity contribution in [3.8, 4) is 10.6 Å². The Kier molecular flexibility index (Phi) is 2.83. The van der Waals surface area contributed by atoms with Gasteiger partial charge in [0.15, 0.2) is 0 Å². The summed E-state index contributed by atoms with van der Waals surface area (Å²) in [7, 11) is 0. The standard InChI is InChI=1S/C10H5ClF3N5S/c11-4-1-2-5(6(15)3-4)7-18-19-8(10(12,13)14)16-17-9(19)20-7/h1-3H,15H2. The number of aromatic nitrogens is 4. The summed E-state index contributed by atoms with van der Waals surface area (Å²) in [6.07, 6.45) is -4.61. The fourth-order valence-corrected chi connectivity index (χ4v) is 2.70. The summed E-state index contributed by atoms with van der Waals surface area (Å²) in [5, 5.41) is 11.2. The zero-order chi connectivity index (χ0) is 14.5. The molecule has 3 aromatic rings. The summed E-state index contributed by atoms with van der Waals surface area (Å²) in [5.41, 5.74) is 6.61. The predicted octanol–water partition coefficient (Wildman–Crippen LogP) is 3.11. The third-order valence-electron chi connectivity index (χ3n) is 2.49. The van der Waals surface area contributed by atoms with E-state index >= 15 is 0 Å². The van der Waals surface area contributed by atoms with Gasteiger partial charge in [-0.05, 0) is 18.2 Å². The van der Waals surface area contributed by atoms with E-state index in [2.05, 4.69) is 15.3 Å². The van der Waals surface area contributed by atoms with E-state index in [0.717, 1.165) is 11.3 Å². The van der Waals surface area contributed by atoms with Gasteiger partial charge < -0.3 is 5.73 Å². The van der Waals surface area contributed by atoms with Crippen molar-refractivity contribution in [3.05, 3.63) is 29.0 Å². The van der Waals surface area contributed by atoms with Crippen LogP contribution in [-0.2, 0) is 6.18 Å². The van der Waals surface area contributed by atoms with Gasteiger partial charge >= 0.3 is 6.18 Å². The van der Waals surface area contributed by atoms with E-state index in [0.29, 0.717) is 25.8 Å². The number of nitrogens with zero attached hydrogens (tertiary/aromatic N) is 4. The molecule has 10 heteroatoms. The second kappa shape index (κ2) is 4.32. The van der Waals surface area contributed by atoms with Gasteiger partial charge in [-0.15, -0.1) is 10.2 Å². The minimum absolute atomic E-state index is 0.0432. The molecule has 0 amide bonds. The van der Waals surface area contributed by atoms with Gasteiger partial charge in [-0.2, -0.15) is 22.8 Å². The maximum atomic E-state index is 12.7. The average Bonchev–Trinajstić information content (AvgIpc) is 2.86. The Morgan fingerprint density at radius 2 is 2.00 bits per heavy atom. The number of alkyl halides is 3. The number of hydrogen-bond donors (Lipinski definition) is 1. The molecule has 0 spiro atoms. The van der Waals surface area contributed by atoms with Crippen LogP contribution in [0, 0.1) is 0 Å². The second-order valence-electron chi connectivity index (χ2n) is 3.85. The first-order valence-corrected chi connectivity index (χ1v) is 6.40. The SMILES string of the molecule is Nc1cc(Cl)ccc1-c1nn2c(C(F)(F)F)nnc2s1. The van der Waals surface area contributed by atoms with Crippen molar-refractivity contribution >= 4 is 33.6 Å². The van der Waals surface area contributed by atoms with E-state index in [4.69, 9.17) is 17.3 Å². The molecule has 2 heterocycles. The van der Waals surface area contributed by atoms with Gasteiger partial charge in [0.05, 0.1) is 0 Å². The van der Waals surface area contributed by atoms with E-state index < -0.39 is 12.0 Å². The third-order valence-corrected chi connectivity index (χ3v) is 3.66. The maximum absolute atomic E-state index is 12.7. The van der Waals surface area contributed by atoms with Crippen LogP contribution in [-0.4, -0.2) is 19.8 Å². The number of benzene rings is 1. The van der Waals surface area contributed by atoms with Gasteiger partial charge in [-0.1, -0.05) is 22.9 Å². The zero-order valence-corrected chi connectivity index (χ0v) is 11.1. The first-order chi connectivity index (χ1) is 9.36. The molecule has 0 atom stereocenters. The molecule has 1 aromatic carbocycles. The van der Waals surface area contributed by atoms with Crippen LogP contribution in [0.2, 0.25) is 5.02 Å². The zero-order valence-electron chi connectivity index (χ0n) is 9.52. The second-order valence-corrected chi connectivity index (χ2v) is 5.25. The molecule has 0 aliphatic rings. The van der Waals surface area contributed by atoms with Gasteiger partial charge in [0, 0.05) is 16.3 Å². The summed E-state index contributed by atoms with van der Waals surface area (Å²) < 4.78 is 38.7. The van der Waals surface area contributed by atoms with Crippen molar-refractivity contribution in [3.63, 3.8) is 0 Å². The highest BCUT2D eigenvalue weighted by molar-refractivity contribution is 7.19. The molecule has 0 bridgehead atoms. The highest BCUT2D eigenvalue weighted by Gasteiger charge is 2.38. The van der Waals surface area contributed by atoms with Crippen LogP contribution in [0.5, 0.6) is 0 Å². The molecule has 20 heavy (non-hydrogen) atoms. The number of nitrogens with two attached hydrogens (primary N) is 1. The van der Waals surface area contributed by atoms with E-state index in [1.54, 1.807) is 12.1 Å². The molecular weight excluding hydrogens is 315 g/mol. The molecule has 5 nitrogen and oxygen atoms in total. The van der Waals surface area contributed by atoms with E-state index in [1.807, 2.05) is 0 Å². The van der Waals surface area contributed by atoms with Gasteiger partial charge in [-0.25, -0.2) is 0 Å². The smallest absolute Gasteiger partial charge is 0.398 e. The molecule has 0 unspecified atom stereocenters. The lowest BCUT2D eigenvalue weighted by Gasteiger charge is -2.02. The molecule has 0 aliphatic carbocycles. The normalized spacial score (nSPS) is 12.2. The predicted molar refractivity (Wildman–Crippen MR) is 68.5 cm³/mol. The number of fused-ring (bicyclic) bond motifs is 1. The maximum Gasteiger partial charge on any atom is 0.453 e. The van der Waals surface area contributed by atoms with Crippen LogP contribution in [0.4, 0.5) is 18.9 Å². The molecule has 0 fully saturated rings. The van der Waals surface area contributed by atoms with Gasteiger partial charge in [0.1, 0.15) is 5.01 Å². The molecule has 2 N–H and O–H groups in total. The number of halogens is 4. The third kappa shape index (κ3) is 2.08. The molecule has 0 saturated carbocycles. The van der Waals surface area contributed by atoms with Crippen molar-refractivity contribution in [2.45, 2.75) is 6.18 Å². The van der Waals surface area contributed by atoms with Gasteiger partial charge in [0.2, 0.25) is 4.96 Å². The Hall–Kier alpha value is -1.87. The van der Waals surface area contributed by atoms with Crippen LogP contribution in [0.25, 0.3) is 15.5 Å². The summed E-state index contributed by atoms with van der Waals surface area (Å²) in [6.45, 7) is 0. The summed E-state index contributed by atoms with van der Waals surface area (Å²) >= 11 is 6.74.